The van der Waals surface area contributed by atoms with Gasteiger partial charge in [0.2, 0.25) is 5.03 Å². The molecule has 1 saturated heterocycles. The fourth-order valence-electron chi connectivity index (χ4n) is 2.61. The molecule has 0 bridgehead atoms. The van der Waals surface area contributed by atoms with E-state index in [1.165, 1.54) is 16.6 Å². The van der Waals surface area contributed by atoms with Gasteiger partial charge < -0.3 is 5.32 Å². The highest BCUT2D eigenvalue weighted by molar-refractivity contribution is 7.89. The van der Waals surface area contributed by atoms with Gasteiger partial charge in [0.05, 0.1) is 0 Å². The number of pyridine rings is 1. The summed E-state index contributed by atoms with van der Waals surface area (Å²) >= 11 is 0. The number of nitrogens with zero attached hydrogens (tertiary/aromatic N) is 2. The van der Waals surface area contributed by atoms with E-state index in [0.29, 0.717) is 13.1 Å². The van der Waals surface area contributed by atoms with Crippen LogP contribution in [-0.2, 0) is 10.0 Å². The molecule has 0 aromatic carbocycles. The van der Waals surface area contributed by atoms with Crippen molar-refractivity contribution in [2.45, 2.75) is 43.7 Å². The van der Waals surface area contributed by atoms with E-state index in [1.807, 2.05) is 0 Å². The van der Waals surface area contributed by atoms with Gasteiger partial charge in [-0.3, -0.25) is 0 Å². The van der Waals surface area contributed by atoms with Gasteiger partial charge in [-0.2, -0.15) is 4.31 Å². The molecule has 0 saturated carbocycles. The lowest BCUT2D eigenvalue weighted by Crippen LogP contribution is -2.48. The Bertz CT molecular complexity index is 565. The number of hydrogen-bond acceptors (Lipinski definition) is 4. The van der Waals surface area contributed by atoms with E-state index in [1.54, 1.807) is 0 Å². The molecule has 5 nitrogen and oxygen atoms in total. The maximum absolute atomic E-state index is 13.8. The van der Waals surface area contributed by atoms with Crippen molar-refractivity contribution in [2.24, 2.45) is 0 Å². The molecule has 21 heavy (non-hydrogen) atoms. The predicted molar refractivity (Wildman–Crippen MR) is 78.9 cm³/mol. The zero-order valence-corrected chi connectivity index (χ0v) is 13.1. The first-order valence-electron chi connectivity index (χ1n) is 7.40. The second-order valence-electron chi connectivity index (χ2n) is 5.26. The van der Waals surface area contributed by atoms with Gasteiger partial charge in [-0.05, 0) is 37.9 Å². The monoisotopic (exact) mass is 315 g/mol. The summed E-state index contributed by atoms with van der Waals surface area (Å²) in [6, 6.07) is 2.40. The molecule has 0 spiro atoms. The van der Waals surface area contributed by atoms with Crippen molar-refractivity contribution in [1.82, 2.24) is 14.6 Å². The fourth-order valence-corrected chi connectivity index (χ4v) is 4.28. The summed E-state index contributed by atoms with van der Waals surface area (Å²) in [5, 5.41) is 2.79. The second kappa shape index (κ2) is 7.29. The Kier molecular flexibility index (Phi) is 5.66. The Labute approximate surface area is 125 Å². The van der Waals surface area contributed by atoms with Gasteiger partial charge in [-0.15, -0.1) is 0 Å². The zero-order chi connectivity index (χ0) is 15.3. The van der Waals surface area contributed by atoms with Gasteiger partial charge in [0.15, 0.2) is 5.82 Å². The Morgan fingerprint density at radius 2 is 2.29 bits per heavy atom. The van der Waals surface area contributed by atoms with E-state index < -0.39 is 20.9 Å². The molecule has 0 aliphatic carbocycles. The van der Waals surface area contributed by atoms with Gasteiger partial charge >= 0.3 is 0 Å². The van der Waals surface area contributed by atoms with Crippen LogP contribution >= 0.6 is 0 Å². The Morgan fingerprint density at radius 1 is 1.48 bits per heavy atom. The highest BCUT2D eigenvalue weighted by Crippen LogP contribution is 2.25. The molecule has 2 rings (SSSR count). The van der Waals surface area contributed by atoms with E-state index in [2.05, 4.69) is 17.2 Å². The van der Waals surface area contributed by atoms with Crippen molar-refractivity contribution in [3.63, 3.8) is 0 Å². The summed E-state index contributed by atoms with van der Waals surface area (Å²) < 4.78 is 40.5. The third-order valence-electron chi connectivity index (χ3n) is 3.66. The number of hydrogen-bond donors (Lipinski definition) is 1. The fraction of sp³-hybridized carbons (Fsp3) is 0.643. The van der Waals surface area contributed by atoms with Crippen molar-refractivity contribution >= 4 is 10.0 Å². The maximum atomic E-state index is 13.8. The topological polar surface area (TPSA) is 62.3 Å². The van der Waals surface area contributed by atoms with Crippen molar-refractivity contribution < 1.29 is 12.8 Å². The van der Waals surface area contributed by atoms with E-state index in [0.717, 1.165) is 38.3 Å². The summed E-state index contributed by atoms with van der Waals surface area (Å²) in [4.78, 5) is 3.73. The van der Waals surface area contributed by atoms with Gasteiger partial charge in [0, 0.05) is 25.3 Å². The van der Waals surface area contributed by atoms with Gasteiger partial charge in [0.25, 0.3) is 10.0 Å². The van der Waals surface area contributed by atoms with Crippen LogP contribution in [0.4, 0.5) is 4.39 Å². The highest BCUT2D eigenvalue weighted by atomic mass is 32.2. The third kappa shape index (κ3) is 3.78. The van der Waals surface area contributed by atoms with Crippen molar-refractivity contribution in [3.05, 3.63) is 24.1 Å². The van der Waals surface area contributed by atoms with Crippen molar-refractivity contribution in [3.8, 4) is 0 Å². The first kappa shape index (κ1) is 16.3. The molecule has 1 aromatic rings. The number of sulfonamides is 1. The molecular weight excluding hydrogens is 293 g/mol. The molecular formula is C14H22FN3O2S. The lowest BCUT2D eigenvalue weighted by Gasteiger charge is -2.34. The van der Waals surface area contributed by atoms with Crippen LogP contribution < -0.4 is 5.32 Å². The highest BCUT2D eigenvalue weighted by Gasteiger charge is 2.35. The Balaban J connectivity index is 2.21. The molecule has 1 fully saturated rings. The van der Waals surface area contributed by atoms with Crippen LogP contribution in [0.1, 0.15) is 32.6 Å². The zero-order valence-electron chi connectivity index (χ0n) is 12.3. The first-order chi connectivity index (χ1) is 10.1. The quantitative estimate of drug-likeness (QED) is 0.813. The molecule has 2 heterocycles. The smallest absolute Gasteiger partial charge is 0.263 e. The minimum Gasteiger partial charge on any atom is -0.315 e. The van der Waals surface area contributed by atoms with Crippen LogP contribution in [0.2, 0.25) is 0 Å². The predicted octanol–water partition coefficient (Wildman–Crippen LogP) is 1.76. The van der Waals surface area contributed by atoms with E-state index in [9.17, 15) is 12.8 Å². The molecule has 1 aliphatic heterocycles. The summed E-state index contributed by atoms with van der Waals surface area (Å²) in [5.74, 6) is -0.789. The first-order valence-corrected chi connectivity index (χ1v) is 8.84. The molecule has 0 amide bonds. The number of aromatic nitrogens is 1. The number of halogens is 1. The molecule has 118 valence electrons. The minimum absolute atomic E-state index is 0.128. The van der Waals surface area contributed by atoms with Crippen LogP contribution in [-0.4, -0.2) is 43.4 Å². The second-order valence-corrected chi connectivity index (χ2v) is 7.07. The molecule has 1 unspecified atom stereocenters. The molecule has 7 heteroatoms. The lowest BCUT2D eigenvalue weighted by molar-refractivity contribution is 0.244. The van der Waals surface area contributed by atoms with Gasteiger partial charge in [0.1, 0.15) is 0 Å². The minimum atomic E-state index is -3.87. The van der Waals surface area contributed by atoms with E-state index in [-0.39, 0.29) is 6.04 Å². The standard InChI is InChI=1S/C14H22FN3O2S/c1-2-8-16-11-12-6-3-4-10-18(12)21(19,20)14-13(15)7-5-9-17-14/h5,7,9,12,16H,2-4,6,8,10-11H2,1H3. The van der Waals surface area contributed by atoms with Crippen LogP contribution in [0.5, 0.6) is 0 Å². The van der Waals surface area contributed by atoms with Gasteiger partial charge in [-0.25, -0.2) is 17.8 Å². The number of nitrogens with one attached hydrogen (secondary N) is 1. The van der Waals surface area contributed by atoms with E-state index >= 15 is 0 Å². The average molecular weight is 315 g/mol. The SMILES string of the molecule is CCCNCC1CCCCN1S(=O)(=O)c1ncccc1F. The largest absolute Gasteiger partial charge is 0.315 e. The summed E-state index contributed by atoms with van der Waals surface area (Å²) in [7, 11) is -3.87. The van der Waals surface area contributed by atoms with Crippen LogP contribution in [0.3, 0.4) is 0 Å². The third-order valence-corrected chi connectivity index (χ3v) is 5.54. The number of rotatable bonds is 6. The molecule has 1 aliphatic rings. The van der Waals surface area contributed by atoms with Crippen molar-refractivity contribution in [2.75, 3.05) is 19.6 Å². The van der Waals surface area contributed by atoms with Crippen LogP contribution in [0.15, 0.2) is 23.4 Å². The molecule has 0 radical (unpaired) electrons. The Hall–Kier alpha value is -1.05. The Morgan fingerprint density at radius 3 is 3.00 bits per heavy atom. The maximum Gasteiger partial charge on any atom is 0.263 e. The van der Waals surface area contributed by atoms with E-state index in [4.69, 9.17) is 0 Å². The van der Waals surface area contributed by atoms with Crippen molar-refractivity contribution in [1.29, 1.82) is 0 Å². The number of piperidine rings is 1. The lowest BCUT2D eigenvalue weighted by atomic mass is 10.1. The molecule has 1 N–H and O–H groups in total. The average Bonchev–Trinajstić information content (AvgIpc) is 2.48. The van der Waals surface area contributed by atoms with Crippen LogP contribution in [0.25, 0.3) is 0 Å². The summed E-state index contributed by atoms with van der Waals surface area (Å²) in [6.07, 6.45) is 4.90. The normalized spacial score (nSPS) is 20.6. The summed E-state index contributed by atoms with van der Waals surface area (Å²) in [6.45, 7) is 3.94. The molecule has 1 aromatic heterocycles. The van der Waals surface area contributed by atoms with Gasteiger partial charge in [-0.1, -0.05) is 13.3 Å². The van der Waals surface area contributed by atoms with Crippen LogP contribution in [0, 0.1) is 5.82 Å². The summed E-state index contributed by atoms with van der Waals surface area (Å²) in [5.41, 5.74) is 0. The molecule has 1 atom stereocenters.